The van der Waals surface area contributed by atoms with Crippen LogP contribution in [0.3, 0.4) is 0 Å². The predicted molar refractivity (Wildman–Crippen MR) is 79.9 cm³/mol. The molecule has 1 aromatic heterocycles. The van der Waals surface area contributed by atoms with Crippen molar-refractivity contribution < 1.29 is 4.92 Å². The minimum absolute atomic E-state index is 0.0206. The monoisotopic (exact) mass is 271 g/mol. The lowest BCUT2D eigenvalue weighted by molar-refractivity contribution is -0.384. The Morgan fingerprint density at radius 3 is 2.45 bits per heavy atom. The molecule has 5 nitrogen and oxygen atoms in total. The number of aryl methyl sites for hydroxylation is 1. The van der Waals surface area contributed by atoms with Gasteiger partial charge in [0, 0.05) is 18.7 Å². The number of nitrogens with zero attached hydrogens (tertiary/aromatic N) is 2. The lowest BCUT2D eigenvalue weighted by Crippen LogP contribution is -1.99. The summed E-state index contributed by atoms with van der Waals surface area (Å²) >= 11 is 0. The van der Waals surface area contributed by atoms with E-state index in [0.29, 0.717) is 11.5 Å². The Hall–Kier alpha value is -2.43. The van der Waals surface area contributed by atoms with Crippen molar-refractivity contribution in [3.63, 3.8) is 0 Å². The van der Waals surface area contributed by atoms with Crippen molar-refractivity contribution in [3.05, 3.63) is 52.1 Å². The lowest BCUT2D eigenvalue weighted by atomic mass is 10.0. The van der Waals surface area contributed by atoms with Gasteiger partial charge in [-0.2, -0.15) is 0 Å². The standard InChI is InChI=1S/C15H17N3O2/c1-3-4-11-5-7-12(8-6-11)15-13(18(19)20)9-10-14(16-2)17-15/h5-10H,3-4H2,1-2H3,(H,16,17). The van der Waals surface area contributed by atoms with Crippen LogP contribution < -0.4 is 5.32 Å². The molecule has 0 bridgehead atoms. The van der Waals surface area contributed by atoms with Crippen molar-refractivity contribution in [3.8, 4) is 11.3 Å². The molecule has 2 aromatic rings. The Bertz CT molecular complexity index is 609. The molecule has 104 valence electrons. The van der Waals surface area contributed by atoms with E-state index < -0.39 is 4.92 Å². The van der Waals surface area contributed by atoms with Gasteiger partial charge in [-0.1, -0.05) is 37.6 Å². The molecule has 0 unspecified atom stereocenters. The summed E-state index contributed by atoms with van der Waals surface area (Å²) in [7, 11) is 1.74. The second kappa shape index (κ2) is 6.14. The smallest absolute Gasteiger partial charge is 0.295 e. The quantitative estimate of drug-likeness (QED) is 0.665. The second-order valence-corrected chi connectivity index (χ2v) is 4.52. The van der Waals surface area contributed by atoms with Gasteiger partial charge in [-0.25, -0.2) is 4.98 Å². The van der Waals surface area contributed by atoms with Crippen molar-refractivity contribution in [2.45, 2.75) is 19.8 Å². The Morgan fingerprint density at radius 2 is 1.90 bits per heavy atom. The third-order valence-corrected chi connectivity index (χ3v) is 3.09. The van der Waals surface area contributed by atoms with E-state index in [9.17, 15) is 10.1 Å². The summed E-state index contributed by atoms with van der Waals surface area (Å²) in [6, 6.07) is 10.9. The zero-order valence-corrected chi connectivity index (χ0v) is 11.6. The van der Waals surface area contributed by atoms with Gasteiger partial charge in [-0.05, 0) is 18.1 Å². The number of benzene rings is 1. The maximum absolute atomic E-state index is 11.1. The van der Waals surface area contributed by atoms with Gasteiger partial charge in [0.25, 0.3) is 5.69 Å². The van der Waals surface area contributed by atoms with Crippen LogP contribution >= 0.6 is 0 Å². The summed E-state index contributed by atoms with van der Waals surface area (Å²) in [6.07, 6.45) is 2.08. The Labute approximate surface area is 117 Å². The summed E-state index contributed by atoms with van der Waals surface area (Å²) in [4.78, 5) is 15.0. The van der Waals surface area contributed by atoms with E-state index in [-0.39, 0.29) is 5.69 Å². The first-order valence-electron chi connectivity index (χ1n) is 6.58. The second-order valence-electron chi connectivity index (χ2n) is 4.52. The summed E-state index contributed by atoms with van der Waals surface area (Å²) < 4.78 is 0. The van der Waals surface area contributed by atoms with Crippen LogP contribution in [0.4, 0.5) is 11.5 Å². The van der Waals surface area contributed by atoms with E-state index in [1.54, 1.807) is 13.1 Å². The van der Waals surface area contributed by atoms with E-state index in [1.165, 1.54) is 11.6 Å². The van der Waals surface area contributed by atoms with Crippen LogP contribution in [0.15, 0.2) is 36.4 Å². The van der Waals surface area contributed by atoms with E-state index in [0.717, 1.165) is 18.4 Å². The molecule has 20 heavy (non-hydrogen) atoms. The van der Waals surface area contributed by atoms with Crippen molar-refractivity contribution in [2.24, 2.45) is 0 Å². The highest BCUT2D eigenvalue weighted by atomic mass is 16.6. The molecule has 0 aliphatic heterocycles. The maximum Gasteiger partial charge on any atom is 0.295 e. The van der Waals surface area contributed by atoms with Crippen LogP contribution in [-0.4, -0.2) is 17.0 Å². The van der Waals surface area contributed by atoms with Gasteiger partial charge in [0.15, 0.2) is 5.69 Å². The Balaban J connectivity index is 2.46. The molecule has 0 radical (unpaired) electrons. The van der Waals surface area contributed by atoms with E-state index >= 15 is 0 Å². The van der Waals surface area contributed by atoms with Gasteiger partial charge in [0.1, 0.15) is 5.82 Å². The van der Waals surface area contributed by atoms with Gasteiger partial charge in [-0.15, -0.1) is 0 Å². The largest absolute Gasteiger partial charge is 0.373 e. The molecular weight excluding hydrogens is 254 g/mol. The average Bonchev–Trinajstić information content (AvgIpc) is 2.47. The zero-order valence-electron chi connectivity index (χ0n) is 11.6. The zero-order chi connectivity index (χ0) is 14.5. The predicted octanol–water partition coefficient (Wildman–Crippen LogP) is 3.65. The molecule has 0 atom stereocenters. The van der Waals surface area contributed by atoms with Gasteiger partial charge in [-0.3, -0.25) is 10.1 Å². The van der Waals surface area contributed by atoms with Crippen LogP contribution in [-0.2, 0) is 6.42 Å². The molecule has 0 saturated carbocycles. The molecule has 0 amide bonds. The van der Waals surface area contributed by atoms with Crippen LogP contribution in [0.1, 0.15) is 18.9 Å². The van der Waals surface area contributed by atoms with Gasteiger partial charge < -0.3 is 5.32 Å². The van der Waals surface area contributed by atoms with Crippen LogP contribution in [0, 0.1) is 10.1 Å². The van der Waals surface area contributed by atoms with Gasteiger partial charge in [0.05, 0.1) is 4.92 Å². The topological polar surface area (TPSA) is 68.1 Å². The number of pyridine rings is 1. The first kappa shape index (κ1) is 14.0. The number of rotatable bonds is 5. The first-order chi connectivity index (χ1) is 9.65. The van der Waals surface area contributed by atoms with Crippen molar-refractivity contribution in [2.75, 3.05) is 12.4 Å². The fourth-order valence-electron chi connectivity index (χ4n) is 2.07. The van der Waals surface area contributed by atoms with E-state index in [2.05, 4.69) is 17.2 Å². The number of aromatic nitrogens is 1. The molecule has 0 spiro atoms. The molecule has 1 N–H and O–H groups in total. The molecule has 0 aliphatic carbocycles. The van der Waals surface area contributed by atoms with Crippen molar-refractivity contribution >= 4 is 11.5 Å². The SMILES string of the molecule is CCCc1ccc(-c2nc(NC)ccc2[N+](=O)[O-])cc1. The minimum Gasteiger partial charge on any atom is -0.373 e. The Kier molecular flexibility index (Phi) is 4.30. The third kappa shape index (κ3) is 2.93. The number of nitro groups is 1. The highest BCUT2D eigenvalue weighted by molar-refractivity contribution is 5.71. The van der Waals surface area contributed by atoms with E-state index in [4.69, 9.17) is 0 Å². The van der Waals surface area contributed by atoms with Gasteiger partial charge >= 0.3 is 0 Å². The highest BCUT2D eigenvalue weighted by Crippen LogP contribution is 2.29. The molecular formula is C15H17N3O2. The molecule has 0 saturated heterocycles. The molecule has 0 fully saturated rings. The lowest BCUT2D eigenvalue weighted by Gasteiger charge is -2.06. The fraction of sp³-hybridized carbons (Fsp3) is 0.267. The third-order valence-electron chi connectivity index (χ3n) is 3.09. The summed E-state index contributed by atoms with van der Waals surface area (Å²) in [5.41, 5.74) is 2.40. The summed E-state index contributed by atoms with van der Waals surface area (Å²) in [5, 5.41) is 14.0. The van der Waals surface area contributed by atoms with Crippen molar-refractivity contribution in [1.29, 1.82) is 0 Å². The minimum atomic E-state index is -0.401. The first-order valence-corrected chi connectivity index (χ1v) is 6.58. The molecule has 2 rings (SSSR count). The normalized spacial score (nSPS) is 10.3. The maximum atomic E-state index is 11.1. The van der Waals surface area contributed by atoms with Crippen LogP contribution in [0.5, 0.6) is 0 Å². The number of anilines is 1. The number of nitrogens with one attached hydrogen (secondary N) is 1. The molecule has 1 aromatic carbocycles. The Morgan fingerprint density at radius 1 is 1.20 bits per heavy atom. The fourth-order valence-corrected chi connectivity index (χ4v) is 2.07. The highest BCUT2D eigenvalue weighted by Gasteiger charge is 2.17. The average molecular weight is 271 g/mol. The summed E-state index contributed by atoms with van der Waals surface area (Å²) in [5.74, 6) is 0.614. The molecule has 1 heterocycles. The molecule has 0 aliphatic rings. The van der Waals surface area contributed by atoms with Crippen LogP contribution in [0.2, 0.25) is 0 Å². The van der Waals surface area contributed by atoms with Gasteiger partial charge in [0.2, 0.25) is 0 Å². The van der Waals surface area contributed by atoms with Crippen molar-refractivity contribution in [1.82, 2.24) is 4.98 Å². The van der Waals surface area contributed by atoms with E-state index in [1.807, 2.05) is 24.3 Å². The molecule has 5 heteroatoms. The summed E-state index contributed by atoms with van der Waals surface area (Å²) in [6.45, 7) is 2.12. The van der Waals surface area contributed by atoms with Crippen LogP contribution in [0.25, 0.3) is 11.3 Å². The number of hydrogen-bond donors (Lipinski definition) is 1. The number of hydrogen-bond acceptors (Lipinski definition) is 4.